The molecule has 0 radical (unpaired) electrons. The third kappa shape index (κ3) is 9.77. The lowest BCUT2D eigenvalue weighted by Crippen LogP contribution is -2.53. The number of aryl methyl sites for hydroxylation is 1. The molecule has 1 N–H and O–H groups in total. The van der Waals surface area contributed by atoms with E-state index in [-0.39, 0.29) is 23.8 Å². The molecule has 0 bridgehead atoms. The lowest BCUT2D eigenvalue weighted by Gasteiger charge is -2.34. The number of halogens is 5. The maximum absolute atomic E-state index is 14.5. The molecule has 13 heteroatoms. The van der Waals surface area contributed by atoms with Crippen LogP contribution in [0.2, 0.25) is 10.0 Å². The average molecular weight is 735 g/mol. The van der Waals surface area contributed by atoms with Crippen molar-refractivity contribution in [2.75, 3.05) is 17.4 Å². The van der Waals surface area contributed by atoms with E-state index < -0.39 is 56.9 Å². The maximum Gasteiger partial charge on any atom is 0.417 e. The second kappa shape index (κ2) is 16.1. The van der Waals surface area contributed by atoms with E-state index in [0.717, 1.165) is 23.3 Å². The third-order valence-electron chi connectivity index (χ3n) is 7.69. The predicted octanol–water partition coefficient (Wildman–Crippen LogP) is 7.93. The summed E-state index contributed by atoms with van der Waals surface area (Å²) in [7, 11) is -4.63. The number of nitrogens with zero attached hydrogens (tertiary/aromatic N) is 2. The summed E-state index contributed by atoms with van der Waals surface area (Å²) in [6, 6.07) is 22.8. The van der Waals surface area contributed by atoms with Gasteiger partial charge in [0.25, 0.3) is 10.0 Å². The van der Waals surface area contributed by atoms with Gasteiger partial charge in [-0.15, -0.1) is 0 Å². The SMILES string of the molecule is Cc1ccc(S(=O)(=O)N(CC(=O)N(Cc2ccccc2Cl)[C@H](Cc2ccccc2)C(=O)NCC(C)C)c2ccc(Cl)c(C(F)(F)F)c2)cc1. The molecule has 260 valence electrons. The maximum atomic E-state index is 14.5. The number of amides is 2. The van der Waals surface area contributed by atoms with E-state index in [1.165, 1.54) is 29.2 Å². The lowest BCUT2D eigenvalue weighted by atomic mass is 10.0. The molecule has 0 spiro atoms. The van der Waals surface area contributed by atoms with Crippen LogP contribution in [0.15, 0.2) is 102 Å². The fourth-order valence-electron chi connectivity index (χ4n) is 5.04. The zero-order chi connectivity index (χ0) is 35.9. The summed E-state index contributed by atoms with van der Waals surface area (Å²) >= 11 is 12.4. The van der Waals surface area contributed by atoms with Gasteiger partial charge in [-0.25, -0.2) is 8.42 Å². The summed E-state index contributed by atoms with van der Waals surface area (Å²) in [4.78, 5) is 29.4. The van der Waals surface area contributed by atoms with E-state index in [4.69, 9.17) is 23.2 Å². The van der Waals surface area contributed by atoms with Crippen LogP contribution in [-0.4, -0.2) is 44.3 Å². The monoisotopic (exact) mass is 733 g/mol. The van der Waals surface area contributed by atoms with Crippen molar-refractivity contribution in [3.05, 3.63) is 129 Å². The number of sulfonamides is 1. The highest BCUT2D eigenvalue weighted by Gasteiger charge is 2.38. The summed E-state index contributed by atoms with van der Waals surface area (Å²) in [5.41, 5.74) is 0.236. The van der Waals surface area contributed by atoms with E-state index in [2.05, 4.69) is 5.32 Å². The Morgan fingerprint density at radius 1 is 0.857 bits per heavy atom. The van der Waals surface area contributed by atoms with Crippen LogP contribution in [0.3, 0.4) is 0 Å². The van der Waals surface area contributed by atoms with Gasteiger partial charge < -0.3 is 10.2 Å². The van der Waals surface area contributed by atoms with Crippen LogP contribution in [0.1, 0.15) is 36.1 Å². The molecule has 0 saturated carbocycles. The molecular weight excluding hydrogens is 698 g/mol. The summed E-state index contributed by atoms with van der Waals surface area (Å²) in [6.45, 7) is 4.73. The zero-order valence-electron chi connectivity index (χ0n) is 27.0. The Kier molecular flexibility index (Phi) is 12.4. The van der Waals surface area contributed by atoms with Crippen LogP contribution >= 0.6 is 23.2 Å². The Balaban J connectivity index is 1.87. The Morgan fingerprint density at radius 2 is 1.49 bits per heavy atom. The molecule has 4 rings (SSSR count). The Labute approximate surface area is 294 Å². The van der Waals surface area contributed by atoms with Crippen LogP contribution < -0.4 is 9.62 Å². The number of anilines is 1. The number of carbonyl (C=O) groups excluding carboxylic acids is 2. The number of hydrogen-bond acceptors (Lipinski definition) is 4. The average Bonchev–Trinajstić information content (AvgIpc) is 3.05. The van der Waals surface area contributed by atoms with Crippen LogP contribution in [0, 0.1) is 12.8 Å². The molecule has 0 aliphatic rings. The Morgan fingerprint density at radius 3 is 2.10 bits per heavy atom. The van der Waals surface area contributed by atoms with Crippen molar-refractivity contribution < 1.29 is 31.2 Å². The van der Waals surface area contributed by atoms with Crippen molar-refractivity contribution in [2.24, 2.45) is 5.92 Å². The minimum atomic E-state index is -4.91. The molecule has 0 aliphatic carbocycles. The summed E-state index contributed by atoms with van der Waals surface area (Å²) in [5, 5.41) is 2.54. The zero-order valence-corrected chi connectivity index (χ0v) is 29.4. The number of rotatable bonds is 13. The second-order valence-electron chi connectivity index (χ2n) is 11.9. The first-order chi connectivity index (χ1) is 23.1. The van der Waals surface area contributed by atoms with Crippen molar-refractivity contribution >= 4 is 50.7 Å². The van der Waals surface area contributed by atoms with Crippen LogP contribution in [0.5, 0.6) is 0 Å². The molecule has 4 aromatic carbocycles. The second-order valence-corrected chi connectivity index (χ2v) is 14.6. The fourth-order valence-corrected chi connectivity index (χ4v) is 6.86. The fraction of sp³-hybridized carbons (Fsp3) is 0.278. The number of benzene rings is 4. The molecule has 49 heavy (non-hydrogen) atoms. The number of nitrogens with one attached hydrogen (secondary N) is 1. The molecule has 0 aliphatic heterocycles. The standard InChI is InChI=1S/C36H36Cl2F3N3O4S/c1-24(2)21-42-35(46)33(19-26-9-5-4-6-10-26)43(22-27-11-7-8-12-31(27)37)34(45)23-44(49(47,48)29-16-13-25(3)14-17-29)28-15-18-32(38)30(20-28)36(39,40)41/h4-18,20,24,33H,19,21-23H2,1-3H3,(H,42,46)/t33-/m1/s1. The molecule has 0 aromatic heterocycles. The molecule has 0 saturated heterocycles. The lowest BCUT2D eigenvalue weighted by molar-refractivity contribution is -0.140. The van der Waals surface area contributed by atoms with E-state index in [1.807, 2.05) is 13.8 Å². The van der Waals surface area contributed by atoms with Gasteiger partial charge in [-0.1, -0.05) is 103 Å². The third-order valence-corrected chi connectivity index (χ3v) is 10.2. The van der Waals surface area contributed by atoms with Crippen molar-refractivity contribution in [1.82, 2.24) is 10.2 Å². The Bertz CT molecular complexity index is 1870. The predicted molar refractivity (Wildman–Crippen MR) is 186 cm³/mol. The van der Waals surface area contributed by atoms with Gasteiger partial charge in [-0.05, 0) is 60.4 Å². The molecule has 0 fully saturated rings. The van der Waals surface area contributed by atoms with Crippen molar-refractivity contribution in [2.45, 2.75) is 50.9 Å². The van der Waals surface area contributed by atoms with Gasteiger partial charge in [0.2, 0.25) is 11.8 Å². The van der Waals surface area contributed by atoms with Gasteiger partial charge in [0.15, 0.2) is 0 Å². The first kappa shape index (κ1) is 37.8. The van der Waals surface area contributed by atoms with Gasteiger partial charge in [-0.3, -0.25) is 13.9 Å². The van der Waals surface area contributed by atoms with Gasteiger partial charge in [0.1, 0.15) is 12.6 Å². The van der Waals surface area contributed by atoms with Crippen molar-refractivity contribution in [3.8, 4) is 0 Å². The van der Waals surface area contributed by atoms with Crippen molar-refractivity contribution in [3.63, 3.8) is 0 Å². The largest absolute Gasteiger partial charge is 0.417 e. The molecule has 0 unspecified atom stereocenters. The molecule has 4 aromatic rings. The van der Waals surface area contributed by atoms with Crippen molar-refractivity contribution in [1.29, 1.82) is 0 Å². The minimum Gasteiger partial charge on any atom is -0.354 e. The van der Waals surface area contributed by atoms with Crippen LogP contribution in [0.4, 0.5) is 18.9 Å². The number of hydrogen-bond donors (Lipinski definition) is 1. The molecule has 2 amide bonds. The highest BCUT2D eigenvalue weighted by molar-refractivity contribution is 7.92. The van der Waals surface area contributed by atoms with E-state index in [0.29, 0.717) is 27.5 Å². The first-order valence-electron chi connectivity index (χ1n) is 15.4. The normalized spacial score (nSPS) is 12.4. The Hall–Kier alpha value is -4.06. The summed E-state index contributed by atoms with van der Waals surface area (Å²) in [5.74, 6) is -1.26. The molecule has 7 nitrogen and oxygen atoms in total. The minimum absolute atomic E-state index is 0.0604. The smallest absolute Gasteiger partial charge is 0.354 e. The van der Waals surface area contributed by atoms with Gasteiger partial charge in [0.05, 0.1) is 21.2 Å². The quantitative estimate of drug-likeness (QED) is 0.151. The van der Waals surface area contributed by atoms with E-state index >= 15 is 0 Å². The first-order valence-corrected chi connectivity index (χ1v) is 17.6. The highest BCUT2D eigenvalue weighted by atomic mass is 35.5. The van der Waals surface area contributed by atoms with Gasteiger partial charge in [0, 0.05) is 24.5 Å². The molecule has 0 heterocycles. The van der Waals surface area contributed by atoms with Crippen LogP contribution in [0.25, 0.3) is 0 Å². The summed E-state index contributed by atoms with van der Waals surface area (Å²) in [6.07, 6.45) is -4.85. The van der Waals surface area contributed by atoms with Gasteiger partial charge in [-0.2, -0.15) is 13.2 Å². The number of alkyl halides is 3. The number of carbonyl (C=O) groups is 2. The van der Waals surface area contributed by atoms with E-state index in [9.17, 15) is 31.2 Å². The van der Waals surface area contributed by atoms with Crippen LogP contribution in [-0.2, 0) is 38.8 Å². The highest BCUT2D eigenvalue weighted by Crippen LogP contribution is 2.38. The summed E-state index contributed by atoms with van der Waals surface area (Å²) < 4.78 is 70.9. The topological polar surface area (TPSA) is 86.8 Å². The van der Waals surface area contributed by atoms with E-state index in [1.54, 1.807) is 61.5 Å². The van der Waals surface area contributed by atoms with Gasteiger partial charge >= 0.3 is 6.18 Å². The molecular formula is C36H36Cl2F3N3O4S. The molecule has 1 atom stereocenters.